The number of hydrogen-bond acceptors (Lipinski definition) is 3. The monoisotopic (exact) mass is 326 g/mol. The van der Waals surface area contributed by atoms with Gasteiger partial charge in [-0.25, -0.2) is 4.79 Å². The number of aliphatic hydroxyl groups excluding tert-OH is 1. The maximum Gasteiger partial charge on any atom is 0.315 e. The molecule has 0 unspecified atom stereocenters. The van der Waals surface area contributed by atoms with Gasteiger partial charge >= 0.3 is 6.03 Å². The molecule has 0 saturated heterocycles. The fourth-order valence-corrected chi connectivity index (χ4v) is 3.26. The molecule has 0 heterocycles. The maximum atomic E-state index is 12.1. The van der Waals surface area contributed by atoms with Crippen molar-refractivity contribution in [2.75, 3.05) is 13.7 Å². The second kappa shape index (κ2) is 8.25. The van der Waals surface area contributed by atoms with E-state index in [0.29, 0.717) is 23.2 Å². The zero-order chi connectivity index (χ0) is 15.9. The molecule has 122 valence electrons. The van der Waals surface area contributed by atoms with Crippen molar-refractivity contribution in [3.05, 3.63) is 28.8 Å². The molecule has 2 atom stereocenters. The van der Waals surface area contributed by atoms with Gasteiger partial charge in [0.15, 0.2) is 0 Å². The second-order valence-corrected chi connectivity index (χ2v) is 5.96. The number of rotatable bonds is 6. The largest absolute Gasteiger partial charge is 0.496 e. The predicted molar refractivity (Wildman–Crippen MR) is 86.2 cm³/mol. The van der Waals surface area contributed by atoms with Crippen LogP contribution in [0.15, 0.2) is 18.2 Å². The highest BCUT2D eigenvalue weighted by Gasteiger charge is 2.27. The fourth-order valence-electron chi connectivity index (χ4n) is 3.03. The third kappa shape index (κ3) is 4.27. The Hall–Kier alpha value is -1.46. The molecule has 1 aliphatic carbocycles. The number of urea groups is 1. The van der Waals surface area contributed by atoms with E-state index in [0.717, 1.165) is 31.2 Å². The molecule has 1 aromatic carbocycles. The van der Waals surface area contributed by atoms with Crippen molar-refractivity contribution in [1.29, 1.82) is 0 Å². The molecule has 1 aliphatic rings. The molecule has 22 heavy (non-hydrogen) atoms. The first-order valence-corrected chi connectivity index (χ1v) is 8.00. The molecule has 2 amide bonds. The van der Waals surface area contributed by atoms with Crippen molar-refractivity contribution in [1.82, 2.24) is 10.6 Å². The number of nitrogens with one attached hydrogen (secondary N) is 2. The first-order valence-electron chi connectivity index (χ1n) is 7.62. The summed E-state index contributed by atoms with van der Waals surface area (Å²) in [6, 6.07) is 5.32. The Balaban J connectivity index is 1.88. The standard InChI is InChI=1S/C16H23ClN2O3/c1-22-15-7-3-5-13(17)12(15)10-18-16(21)19-14-6-2-4-11(14)8-9-20/h3,5,7,11,14,20H,2,4,6,8-10H2,1H3,(H2,18,19,21)/t11-,14-/m1/s1. The summed E-state index contributed by atoms with van der Waals surface area (Å²) in [5, 5.41) is 15.5. The van der Waals surface area contributed by atoms with E-state index in [1.54, 1.807) is 13.2 Å². The lowest BCUT2D eigenvalue weighted by Crippen LogP contribution is -2.43. The maximum absolute atomic E-state index is 12.1. The van der Waals surface area contributed by atoms with Gasteiger partial charge in [0.2, 0.25) is 0 Å². The van der Waals surface area contributed by atoms with Crippen molar-refractivity contribution in [2.45, 2.75) is 38.3 Å². The Morgan fingerprint density at radius 3 is 3.00 bits per heavy atom. The van der Waals surface area contributed by atoms with Gasteiger partial charge in [0.25, 0.3) is 0 Å². The van der Waals surface area contributed by atoms with Crippen molar-refractivity contribution in [2.24, 2.45) is 5.92 Å². The Morgan fingerprint density at radius 2 is 2.27 bits per heavy atom. The lowest BCUT2D eigenvalue weighted by molar-refractivity contribution is 0.221. The van der Waals surface area contributed by atoms with E-state index in [4.69, 9.17) is 21.4 Å². The van der Waals surface area contributed by atoms with E-state index in [9.17, 15) is 4.79 Å². The van der Waals surface area contributed by atoms with Crippen LogP contribution >= 0.6 is 11.6 Å². The Labute approximate surface area is 136 Å². The Kier molecular flexibility index (Phi) is 6.34. The zero-order valence-electron chi connectivity index (χ0n) is 12.8. The van der Waals surface area contributed by atoms with Gasteiger partial charge in [-0.05, 0) is 37.3 Å². The highest BCUT2D eigenvalue weighted by Crippen LogP contribution is 2.28. The van der Waals surface area contributed by atoms with Crippen LogP contribution in [0.25, 0.3) is 0 Å². The highest BCUT2D eigenvalue weighted by atomic mass is 35.5. The zero-order valence-corrected chi connectivity index (χ0v) is 13.5. The number of carbonyl (C=O) groups is 1. The van der Waals surface area contributed by atoms with E-state index in [2.05, 4.69) is 10.6 Å². The highest BCUT2D eigenvalue weighted by molar-refractivity contribution is 6.31. The van der Waals surface area contributed by atoms with Gasteiger partial charge in [-0.15, -0.1) is 0 Å². The minimum absolute atomic E-state index is 0.139. The molecular formula is C16H23ClN2O3. The van der Waals surface area contributed by atoms with Crippen LogP contribution in [0.4, 0.5) is 4.79 Å². The van der Waals surface area contributed by atoms with Crippen LogP contribution in [0.5, 0.6) is 5.75 Å². The summed E-state index contributed by atoms with van der Waals surface area (Å²) < 4.78 is 5.26. The lowest BCUT2D eigenvalue weighted by atomic mass is 10.0. The van der Waals surface area contributed by atoms with E-state index >= 15 is 0 Å². The van der Waals surface area contributed by atoms with Crippen molar-refractivity contribution in [3.63, 3.8) is 0 Å². The minimum Gasteiger partial charge on any atom is -0.496 e. The smallest absolute Gasteiger partial charge is 0.315 e. The molecule has 1 aromatic rings. The average Bonchev–Trinajstić information content (AvgIpc) is 2.93. The number of hydrogen-bond donors (Lipinski definition) is 3. The van der Waals surface area contributed by atoms with E-state index in [1.807, 2.05) is 12.1 Å². The van der Waals surface area contributed by atoms with Crippen LogP contribution < -0.4 is 15.4 Å². The molecule has 5 nitrogen and oxygen atoms in total. The number of amides is 2. The van der Waals surface area contributed by atoms with E-state index in [-0.39, 0.29) is 18.7 Å². The van der Waals surface area contributed by atoms with Gasteiger partial charge in [0.1, 0.15) is 5.75 Å². The first kappa shape index (κ1) is 16.9. The third-order valence-electron chi connectivity index (χ3n) is 4.20. The van der Waals surface area contributed by atoms with Crippen molar-refractivity contribution < 1.29 is 14.6 Å². The molecule has 1 saturated carbocycles. The predicted octanol–water partition coefficient (Wildman–Crippen LogP) is 2.70. The third-order valence-corrected chi connectivity index (χ3v) is 4.55. The molecule has 1 fully saturated rings. The number of aliphatic hydroxyl groups is 1. The summed E-state index contributed by atoms with van der Waals surface area (Å²) in [5.41, 5.74) is 0.764. The van der Waals surface area contributed by atoms with Crippen LogP contribution in [0.1, 0.15) is 31.2 Å². The summed E-state index contributed by atoms with van der Waals surface area (Å²) in [6.07, 6.45) is 3.86. The lowest BCUT2D eigenvalue weighted by Gasteiger charge is -2.20. The number of methoxy groups -OCH3 is 1. The van der Waals surface area contributed by atoms with Crippen LogP contribution in [0.2, 0.25) is 5.02 Å². The Bertz CT molecular complexity index is 510. The summed E-state index contributed by atoms with van der Waals surface area (Å²) in [5.74, 6) is 1.03. The van der Waals surface area contributed by atoms with Gasteiger partial charge in [-0.1, -0.05) is 24.1 Å². The van der Waals surface area contributed by atoms with Gasteiger partial charge < -0.3 is 20.5 Å². The SMILES string of the molecule is COc1cccc(Cl)c1CNC(=O)N[C@@H]1CCC[C@@H]1CCO. The van der Waals surface area contributed by atoms with E-state index in [1.165, 1.54) is 0 Å². The molecule has 0 bridgehead atoms. The number of carbonyl (C=O) groups excluding carboxylic acids is 1. The van der Waals surface area contributed by atoms with Gasteiger partial charge in [-0.3, -0.25) is 0 Å². The molecule has 0 aliphatic heterocycles. The summed E-state index contributed by atoms with van der Waals surface area (Å²) in [4.78, 5) is 12.1. The summed E-state index contributed by atoms with van der Waals surface area (Å²) >= 11 is 6.15. The van der Waals surface area contributed by atoms with Gasteiger partial charge in [0, 0.05) is 29.8 Å². The minimum atomic E-state index is -0.211. The van der Waals surface area contributed by atoms with Gasteiger partial charge in [-0.2, -0.15) is 0 Å². The fraction of sp³-hybridized carbons (Fsp3) is 0.562. The number of halogens is 1. The van der Waals surface area contributed by atoms with Crippen LogP contribution in [-0.4, -0.2) is 30.9 Å². The summed E-state index contributed by atoms with van der Waals surface area (Å²) in [7, 11) is 1.58. The molecule has 0 aromatic heterocycles. The van der Waals surface area contributed by atoms with Crippen LogP contribution in [0.3, 0.4) is 0 Å². The average molecular weight is 327 g/mol. The summed E-state index contributed by atoms with van der Waals surface area (Å²) in [6.45, 7) is 0.480. The number of benzene rings is 1. The molecule has 3 N–H and O–H groups in total. The van der Waals surface area contributed by atoms with Gasteiger partial charge in [0.05, 0.1) is 7.11 Å². The van der Waals surface area contributed by atoms with Crippen molar-refractivity contribution >= 4 is 17.6 Å². The molecule has 2 rings (SSSR count). The molecule has 6 heteroatoms. The quantitative estimate of drug-likeness (QED) is 0.752. The molecule has 0 spiro atoms. The van der Waals surface area contributed by atoms with Crippen LogP contribution in [0, 0.1) is 5.92 Å². The second-order valence-electron chi connectivity index (χ2n) is 5.56. The normalized spacial score (nSPS) is 20.7. The topological polar surface area (TPSA) is 70.6 Å². The van der Waals surface area contributed by atoms with E-state index < -0.39 is 0 Å². The Morgan fingerprint density at radius 1 is 1.45 bits per heavy atom. The number of ether oxygens (including phenoxy) is 1. The molecule has 0 radical (unpaired) electrons. The first-order chi connectivity index (χ1) is 10.7. The van der Waals surface area contributed by atoms with Crippen LogP contribution in [-0.2, 0) is 6.54 Å². The van der Waals surface area contributed by atoms with Crippen molar-refractivity contribution in [3.8, 4) is 5.75 Å². The molecular weight excluding hydrogens is 304 g/mol.